The molecule has 2 rings (SSSR count). The van der Waals surface area contributed by atoms with Crippen molar-refractivity contribution in [1.82, 2.24) is 0 Å². The van der Waals surface area contributed by atoms with E-state index in [0.717, 1.165) is 16.7 Å². The molecule has 0 saturated heterocycles. The van der Waals surface area contributed by atoms with Crippen LogP contribution >= 0.6 is 8.69 Å². The first kappa shape index (κ1) is 14.5. The Morgan fingerprint density at radius 3 is 2.35 bits per heavy atom. The third-order valence-corrected chi connectivity index (χ3v) is 3.96. The highest BCUT2D eigenvalue weighted by atomic mass is 31.1. The molecule has 1 atom stereocenters. The van der Waals surface area contributed by atoms with Crippen molar-refractivity contribution < 1.29 is 13.9 Å². The third kappa shape index (κ3) is 2.68. The van der Waals surface area contributed by atoms with Crippen LogP contribution in [0.15, 0.2) is 36.4 Å². The fourth-order valence-electron chi connectivity index (χ4n) is 2.16. The van der Waals surface area contributed by atoms with E-state index in [-0.39, 0.29) is 5.78 Å². The standard InChI is InChI=1S/C16H17O3P/c1-10-8-9-13(12(3)11(10)2)16(17)14-6-4-5-7-15(14)19-20-18/h4-9H,20H2,1-3H3. The summed E-state index contributed by atoms with van der Waals surface area (Å²) < 4.78 is 15.8. The molecule has 4 heteroatoms. The Bertz CT molecular complexity index is 677. The van der Waals surface area contributed by atoms with Crippen LogP contribution < -0.4 is 4.52 Å². The molecule has 0 aliphatic carbocycles. The SMILES string of the molecule is Cc1ccc(C(=O)c2ccccc2O[PH2]=O)c(C)c1C. The summed E-state index contributed by atoms with van der Waals surface area (Å²) in [6.45, 7) is 5.97. The van der Waals surface area contributed by atoms with E-state index in [0.29, 0.717) is 16.9 Å². The molecule has 0 bridgehead atoms. The number of benzene rings is 2. The van der Waals surface area contributed by atoms with Crippen LogP contribution in [0.25, 0.3) is 0 Å². The molecule has 0 aliphatic heterocycles. The van der Waals surface area contributed by atoms with Crippen LogP contribution in [0.1, 0.15) is 32.6 Å². The molecule has 0 fully saturated rings. The van der Waals surface area contributed by atoms with Gasteiger partial charge in [0.05, 0.1) is 5.56 Å². The van der Waals surface area contributed by atoms with Crippen LogP contribution in [-0.2, 0) is 4.57 Å². The lowest BCUT2D eigenvalue weighted by Crippen LogP contribution is -2.06. The van der Waals surface area contributed by atoms with Gasteiger partial charge < -0.3 is 4.52 Å². The number of aryl methyl sites for hydroxylation is 1. The van der Waals surface area contributed by atoms with Gasteiger partial charge in [-0.05, 0) is 49.6 Å². The van der Waals surface area contributed by atoms with Gasteiger partial charge in [0.15, 0.2) is 5.78 Å². The van der Waals surface area contributed by atoms with Gasteiger partial charge in [0.2, 0.25) is 8.69 Å². The minimum Gasteiger partial charge on any atom is -0.446 e. The van der Waals surface area contributed by atoms with Gasteiger partial charge in [0.25, 0.3) is 0 Å². The fraction of sp³-hybridized carbons (Fsp3) is 0.188. The second-order valence-electron chi connectivity index (χ2n) is 4.72. The minimum atomic E-state index is -1.39. The predicted molar refractivity (Wildman–Crippen MR) is 81.6 cm³/mol. The first-order chi connectivity index (χ1) is 9.56. The molecule has 0 radical (unpaired) electrons. The summed E-state index contributed by atoms with van der Waals surface area (Å²) in [7, 11) is -1.39. The van der Waals surface area contributed by atoms with E-state index < -0.39 is 8.69 Å². The summed E-state index contributed by atoms with van der Waals surface area (Å²) in [6, 6.07) is 10.7. The van der Waals surface area contributed by atoms with Gasteiger partial charge in [-0.2, -0.15) is 0 Å². The highest BCUT2D eigenvalue weighted by molar-refractivity contribution is 7.17. The Balaban J connectivity index is 2.52. The van der Waals surface area contributed by atoms with Crippen molar-refractivity contribution in [3.8, 4) is 5.75 Å². The van der Waals surface area contributed by atoms with Crippen molar-refractivity contribution in [2.45, 2.75) is 20.8 Å². The molecule has 0 aromatic heterocycles. The van der Waals surface area contributed by atoms with Crippen molar-refractivity contribution in [3.05, 3.63) is 64.2 Å². The van der Waals surface area contributed by atoms with Crippen molar-refractivity contribution in [1.29, 1.82) is 0 Å². The highest BCUT2D eigenvalue weighted by Gasteiger charge is 2.17. The summed E-state index contributed by atoms with van der Waals surface area (Å²) in [5, 5.41) is 0. The van der Waals surface area contributed by atoms with Crippen LogP contribution in [0.4, 0.5) is 0 Å². The summed E-state index contributed by atoms with van der Waals surface area (Å²) in [6.07, 6.45) is 0. The molecule has 20 heavy (non-hydrogen) atoms. The van der Waals surface area contributed by atoms with Gasteiger partial charge in [-0.3, -0.25) is 9.36 Å². The Morgan fingerprint density at radius 2 is 1.65 bits per heavy atom. The zero-order valence-corrected chi connectivity index (χ0v) is 12.9. The van der Waals surface area contributed by atoms with Gasteiger partial charge in [-0.25, -0.2) is 0 Å². The summed E-state index contributed by atoms with van der Waals surface area (Å²) in [4.78, 5) is 12.7. The molecule has 3 nitrogen and oxygen atoms in total. The first-order valence-electron chi connectivity index (χ1n) is 6.37. The number of hydrogen-bond acceptors (Lipinski definition) is 3. The second-order valence-corrected chi connectivity index (χ2v) is 5.15. The van der Waals surface area contributed by atoms with Crippen LogP contribution in [0.5, 0.6) is 5.75 Å². The minimum absolute atomic E-state index is 0.103. The topological polar surface area (TPSA) is 43.4 Å². The number of para-hydroxylation sites is 1. The maximum atomic E-state index is 12.7. The Labute approximate surface area is 119 Å². The van der Waals surface area contributed by atoms with Gasteiger partial charge >= 0.3 is 0 Å². The van der Waals surface area contributed by atoms with Gasteiger partial charge in [0, 0.05) is 5.56 Å². The van der Waals surface area contributed by atoms with Gasteiger partial charge in [0.1, 0.15) is 5.75 Å². The maximum Gasteiger partial charge on any atom is 0.225 e. The average molecular weight is 288 g/mol. The molecule has 2 aromatic rings. The number of ketones is 1. The first-order valence-corrected chi connectivity index (χ1v) is 7.31. The van der Waals surface area contributed by atoms with E-state index in [9.17, 15) is 9.36 Å². The molecule has 0 N–H and O–H groups in total. The van der Waals surface area contributed by atoms with E-state index in [4.69, 9.17) is 4.52 Å². The zero-order valence-electron chi connectivity index (χ0n) is 11.8. The monoisotopic (exact) mass is 288 g/mol. The van der Waals surface area contributed by atoms with Crippen molar-refractivity contribution in [2.24, 2.45) is 0 Å². The fourth-order valence-corrected chi connectivity index (χ4v) is 2.47. The lowest BCUT2D eigenvalue weighted by molar-refractivity contribution is 0.103. The van der Waals surface area contributed by atoms with Gasteiger partial charge in [-0.15, -0.1) is 0 Å². The summed E-state index contributed by atoms with van der Waals surface area (Å²) >= 11 is 0. The van der Waals surface area contributed by atoms with Crippen LogP contribution in [0.3, 0.4) is 0 Å². The van der Waals surface area contributed by atoms with E-state index >= 15 is 0 Å². The molecule has 0 aliphatic rings. The number of carbonyl (C=O) groups excluding carboxylic acids is 1. The third-order valence-electron chi connectivity index (χ3n) is 3.61. The van der Waals surface area contributed by atoms with E-state index in [1.807, 2.05) is 32.9 Å². The van der Waals surface area contributed by atoms with E-state index in [1.54, 1.807) is 24.3 Å². The highest BCUT2D eigenvalue weighted by Crippen LogP contribution is 2.26. The van der Waals surface area contributed by atoms with Crippen LogP contribution in [0.2, 0.25) is 0 Å². The summed E-state index contributed by atoms with van der Waals surface area (Å²) in [5.41, 5.74) is 4.35. The maximum absolute atomic E-state index is 12.7. The Morgan fingerprint density at radius 1 is 0.950 bits per heavy atom. The zero-order chi connectivity index (χ0) is 14.7. The van der Waals surface area contributed by atoms with Crippen molar-refractivity contribution in [3.63, 3.8) is 0 Å². The quantitative estimate of drug-likeness (QED) is 0.633. The number of carbonyl (C=O) groups is 1. The summed E-state index contributed by atoms with van der Waals surface area (Å²) in [5.74, 6) is 0.272. The molecule has 0 amide bonds. The van der Waals surface area contributed by atoms with E-state index in [1.165, 1.54) is 0 Å². The Kier molecular flexibility index (Phi) is 4.41. The van der Waals surface area contributed by atoms with Gasteiger partial charge in [-0.1, -0.05) is 24.3 Å². The number of hydrogen-bond donors (Lipinski definition) is 0. The largest absolute Gasteiger partial charge is 0.446 e. The smallest absolute Gasteiger partial charge is 0.225 e. The number of rotatable bonds is 4. The molecule has 0 spiro atoms. The lowest BCUT2D eigenvalue weighted by atomic mass is 9.93. The second kappa shape index (κ2) is 6.06. The molecule has 0 heterocycles. The van der Waals surface area contributed by atoms with Crippen molar-refractivity contribution >= 4 is 14.5 Å². The lowest BCUT2D eigenvalue weighted by Gasteiger charge is -2.12. The average Bonchev–Trinajstić information content (AvgIpc) is 2.45. The van der Waals surface area contributed by atoms with Crippen LogP contribution in [0, 0.1) is 20.8 Å². The van der Waals surface area contributed by atoms with E-state index in [2.05, 4.69) is 0 Å². The normalized spacial score (nSPS) is 10.9. The van der Waals surface area contributed by atoms with Crippen LogP contribution in [-0.4, -0.2) is 5.78 Å². The molecule has 0 saturated carbocycles. The molecule has 2 aromatic carbocycles. The predicted octanol–water partition coefficient (Wildman–Crippen LogP) is 3.89. The molecule has 1 unspecified atom stereocenters. The Hall–Kier alpha value is -1.86. The molecular formula is C16H17O3P. The molecule has 104 valence electrons. The van der Waals surface area contributed by atoms with Crippen molar-refractivity contribution in [2.75, 3.05) is 0 Å². The molecular weight excluding hydrogens is 271 g/mol.